The van der Waals surface area contributed by atoms with E-state index in [2.05, 4.69) is 5.43 Å². The molecule has 0 atom stereocenters. The van der Waals surface area contributed by atoms with Gasteiger partial charge in [0.15, 0.2) is 11.5 Å². The van der Waals surface area contributed by atoms with Crippen LogP contribution >= 0.6 is 0 Å². The monoisotopic (exact) mass is 230 g/mol. The van der Waals surface area contributed by atoms with E-state index in [1.54, 1.807) is 19.2 Å². The summed E-state index contributed by atoms with van der Waals surface area (Å²) in [5, 5.41) is 0. The number of benzene rings is 2. The van der Waals surface area contributed by atoms with Gasteiger partial charge in [-0.25, -0.2) is 0 Å². The summed E-state index contributed by atoms with van der Waals surface area (Å²) in [7, 11) is 1.59. The summed E-state index contributed by atoms with van der Waals surface area (Å²) in [5.74, 6) is 7.37. The van der Waals surface area contributed by atoms with Crippen LogP contribution < -0.4 is 20.7 Å². The molecule has 0 heterocycles. The predicted molar refractivity (Wildman–Crippen MR) is 67.3 cm³/mol. The zero-order valence-electron chi connectivity index (χ0n) is 9.51. The quantitative estimate of drug-likeness (QED) is 0.626. The third kappa shape index (κ3) is 2.68. The molecule has 0 amide bonds. The maximum absolute atomic E-state index is 5.71. The zero-order valence-corrected chi connectivity index (χ0v) is 9.51. The van der Waals surface area contributed by atoms with Crippen LogP contribution in [0.1, 0.15) is 0 Å². The summed E-state index contributed by atoms with van der Waals surface area (Å²) >= 11 is 0. The molecule has 0 unspecified atom stereocenters. The Morgan fingerprint density at radius 1 is 1.00 bits per heavy atom. The van der Waals surface area contributed by atoms with E-state index >= 15 is 0 Å². The van der Waals surface area contributed by atoms with E-state index in [9.17, 15) is 0 Å². The normalized spacial score (nSPS) is 9.76. The van der Waals surface area contributed by atoms with Gasteiger partial charge in [-0.2, -0.15) is 0 Å². The van der Waals surface area contributed by atoms with Crippen molar-refractivity contribution in [3.63, 3.8) is 0 Å². The summed E-state index contributed by atoms with van der Waals surface area (Å²) in [6.45, 7) is 0. The highest BCUT2D eigenvalue weighted by atomic mass is 16.5. The first-order chi connectivity index (χ1) is 8.33. The van der Waals surface area contributed by atoms with Crippen molar-refractivity contribution in [1.29, 1.82) is 0 Å². The highest BCUT2D eigenvalue weighted by molar-refractivity contribution is 5.55. The van der Waals surface area contributed by atoms with Gasteiger partial charge in [-0.05, 0) is 24.3 Å². The topological polar surface area (TPSA) is 56.5 Å². The van der Waals surface area contributed by atoms with Crippen LogP contribution in [-0.2, 0) is 0 Å². The molecule has 0 saturated carbocycles. The summed E-state index contributed by atoms with van der Waals surface area (Å²) in [5.41, 5.74) is 3.32. The molecule has 0 spiro atoms. The molecule has 3 N–H and O–H groups in total. The Balaban J connectivity index is 2.26. The minimum absolute atomic E-state index is 0.629. The molecule has 0 aliphatic carbocycles. The lowest BCUT2D eigenvalue weighted by Gasteiger charge is -2.11. The van der Waals surface area contributed by atoms with Crippen LogP contribution in [0.3, 0.4) is 0 Å². The SMILES string of the molecule is COc1cc(NN)ccc1Oc1ccccc1. The smallest absolute Gasteiger partial charge is 0.169 e. The van der Waals surface area contributed by atoms with Crippen LogP contribution in [0.2, 0.25) is 0 Å². The fourth-order valence-electron chi connectivity index (χ4n) is 1.46. The third-order valence-electron chi connectivity index (χ3n) is 2.30. The van der Waals surface area contributed by atoms with E-state index in [-0.39, 0.29) is 0 Å². The Kier molecular flexibility index (Phi) is 3.47. The second-order valence-electron chi connectivity index (χ2n) is 3.43. The molecule has 4 heteroatoms. The molecule has 4 nitrogen and oxygen atoms in total. The second-order valence-corrected chi connectivity index (χ2v) is 3.43. The highest BCUT2D eigenvalue weighted by Crippen LogP contribution is 2.33. The summed E-state index contributed by atoms with van der Waals surface area (Å²) in [6, 6.07) is 14.9. The first-order valence-corrected chi connectivity index (χ1v) is 5.21. The van der Waals surface area contributed by atoms with Gasteiger partial charge in [-0.15, -0.1) is 0 Å². The molecule has 17 heavy (non-hydrogen) atoms. The lowest BCUT2D eigenvalue weighted by molar-refractivity contribution is 0.379. The van der Waals surface area contributed by atoms with Crippen molar-refractivity contribution in [1.82, 2.24) is 0 Å². The molecule has 0 aromatic heterocycles. The van der Waals surface area contributed by atoms with Gasteiger partial charge in [0.25, 0.3) is 0 Å². The summed E-state index contributed by atoms with van der Waals surface area (Å²) < 4.78 is 10.9. The molecule has 2 aromatic carbocycles. The molecular weight excluding hydrogens is 216 g/mol. The van der Waals surface area contributed by atoms with Crippen molar-refractivity contribution in [3.8, 4) is 17.2 Å². The molecule has 2 rings (SSSR count). The van der Waals surface area contributed by atoms with Gasteiger partial charge < -0.3 is 14.9 Å². The standard InChI is InChI=1S/C13H14N2O2/c1-16-13-9-10(15-14)7-8-12(13)17-11-5-3-2-4-6-11/h2-9,15H,14H2,1H3. The fraction of sp³-hybridized carbons (Fsp3) is 0.0769. The molecule has 88 valence electrons. The van der Waals surface area contributed by atoms with E-state index in [1.807, 2.05) is 36.4 Å². The van der Waals surface area contributed by atoms with Gasteiger partial charge in [0.2, 0.25) is 0 Å². The van der Waals surface area contributed by atoms with Gasteiger partial charge in [0.1, 0.15) is 5.75 Å². The third-order valence-corrected chi connectivity index (χ3v) is 2.30. The van der Waals surface area contributed by atoms with Crippen molar-refractivity contribution < 1.29 is 9.47 Å². The lowest BCUT2D eigenvalue weighted by atomic mass is 10.2. The number of ether oxygens (including phenoxy) is 2. The number of hydrogen-bond donors (Lipinski definition) is 2. The number of nitrogens with one attached hydrogen (secondary N) is 1. The van der Waals surface area contributed by atoms with Gasteiger partial charge in [-0.3, -0.25) is 5.84 Å². The van der Waals surface area contributed by atoms with Crippen LogP contribution in [0.5, 0.6) is 17.2 Å². The van der Waals surface area contributed by atoms with E-state index in [4.69, 9.17) is 15.3 Å². The predicted octanol–water partition coefficient (Wildman–Crippen LogP) is 2.77. The number of hydrogen-bond acceptors (Lipinski definition) is 4. The number of para-hydroxylation sites is 1. The van der Waals surface area contributed by atoms with Gasteiger partial charge in [0.05, 0.1) is 12.8 Å². The van der Waals surface area contributed by atoms with Crippen LogP contribution in [0.15, 0.2) is 48.5 Å². The van der Waals surface area contributed by atoms with E-state index in [0.717, 1.165) is 11.4 Å². The Hall–Kier alpha value is -2.20. The van der Waals surface area contributed by atoms with E-state index in [1.165, 1.54) is 0 Å². The Morgan fingerprint density at radius 3 is 2.41 bits per heavy atom. The van der Waals surface area contributed by atoms with Crippen LogP contribution in [-0.4, -0.2) is 7.11 Å². The molecule has 0 aliphatic rings. The Labute approximate surface area is 99.9 Å². The van der Waals surface area contributed by atoms with E-state index in [0.29, 0.717) is 11.5 Å². The summed E-state index contributed by atoms with van der Waals surface area (Å²) in [6.07, 6.45) is 0. The Bertz CT molecular complexity index is 486. The van der Waals surface area contributed by atoms with Crippen molar-refractivity contribution in [2.24, 2.45) is 5.84 Å². The van der Waals surface area contributed by atoms with Gasteiger partial charge >= 0.3 is 0 Å². The first-order valence-electron chi connectivity index (χ1n) is 5.21. The van der Waals surface area contributed by atoms with Crippen LogP contribution in [0.25, 0.3) is 0 Å². The van der Waals surface area contributed by atoms with Crippen molar-refractivity contribution >= 4 is 5.69 Å². The van der Waals surface area contributed by atoms with Crippen LogP contribution in [0.4, 0.5) is 5.69 Å². The minimum Gasteiger partial charge on any atom is -0.493 e. The number of rotatable bonds is 4. The first kappa shape index (κ1) is 11.3. The highest BCUT2D eigenvalue weighted by Gasteiger charge is 2.06. The maximum atomic E-state index is 5.71. The van der Waals surface area contributed by atoms with Gasteiger partial charge in [-0.1, -0.05) is 18.2 Å². The van der Waals surface area contributed by atoms with Crippen molar-refractivity contribution in [3.05, 3.63) is 48.5 Å². The fourth-order valence-corrected chi connectivity index (χ4v) is 1.46. The van der Waals surface area contributed by atoms with Crippen molar-refractivity contribution in [2.45, 2.75) is 0 Å². The molecular formula is C13H14N2O2. The number of nitrogen functional groups attached to an aromatic ring is 1. The summed E-state index contributed by atoms with van der Waals surface area (Å²) in [4.78, 5) is 0. The Morgan fingerprint density at radius 2 is 1.76 bits per heavy atom. The second kappa shape index (κ2) is 5.23. The van der Waals surface area contributed by atoms with Gasteiger partial charge in [0, 0.05) is 6.07 Å². The molecule has 2 aromatic rings. The minimum atomic E-state index is 0.629. The number of hydrazine groups is 1. The number of methoxy groups -OCH3 is 1. The molecule has 0 fully saturated rings. The largest absolute Gasteiger partial charge is 0.493 e. The average Bonchev–Trinajstić information content (AvgIpc) is 2.40. The molecule has 0 saturated heterocycles. The lowest BCUT2D eigenvalue weighted by Crippen LogP contribution is -2.06. The average molecular weight is 230 g/mol. The van der Waals surface area contributed by atoms with E-state index < -0.39 is 0 Å². The zero-order chi connectivity index (χ0) is 12.1. The van der Waals surface area contributed by atoms with Crippen LogP contribution in [0, 0.1) is 0 Å². The molecule has 0 bridgehead atoms. The maximum Gasteiger partial charge on any atom is 0.169 e. The molecule has 0 aliphatic heterocycles. The molecule has 0 radical (unpaired) electrons. The number of nitrogens with two attached hydrogens (primary N) is 1. The number of anilines is 1. The van der Waals surface area contributed by atoms with Crippen molar-refractivity contribution in [2.75, 3.05) is 12.5 Å².